The normalized spacial score (nSPS) is 43.7. The van der Waals surface area contributed by atoms with Gasteiger partial charge in [-0.25, -0.2) is 0 Å². The molecule has 1 saturated heterocycles. The maximum Gasteiger partial charge on any atom is 0.179 e. The Morgan fingerprint density at radius 3 is 2.67 bits per heavy atom. The van der Waals surface area contributed by atoms with E-state index in [2.05, 4.69) is 0 Å². The number of rotatable bonds is 1. The third-order valence-electron chi connectivity index (χ3n) is 1.32. The van der Waals surface area contributed by atoms with Crippen LogP contribution in [0.2, 0.25) is 0 Å². The van der Waals surface area contributed by atoms with E-state index in [9.17, 15) is 0 Å². The fourth-order valence-electron chi connectivity index (χ4n) is 0.857. The Bertz CT molecular complexity index is 107. The van der Waals surface area contributed by atoms with Crippen LogP contribution in [0.5, 0.6) is 0 Å². The Labute approximate surface area is 60.1 Å². The monoisotopic (exact) mass is 150 g/mol. The standard InChI is InChI=1S/C6H11ClO2/c1-5-3-8-6(2,4-7)9-5/h5H,3-4H2,1-2H3/t5-,6-/m0/s1. The van der Waals surface area contributed by atoms with Crippen LogP contribution in [0.25, 0.3) is 0 Å². The minimum absolute atomic E-state index is 0.189. The molecule has 1 aliphatic heterocycles. The molecule has 0 aromatic rings. The molecule has 1 rings (SSSR count). The molecule has 0 aromatic heterocycles. The van der Waals surface area contributed by atoms with Gasteiger partial charge in [-0.3, -0.25) is 0 Å². The van der Waals surface area contributed by atoms with Crippen molar-refractivity contribution < 1.29 is 9.47 Å². The highest BCUT2D eigenvalue weighted by atomic mass is 35.5. The molecule has 9 heavy (non-hydrogen) atoms. The van der Waals surface area contributed by atoms with Crippen molar-refractivity contribution >= 4 is 11.6 Å². The van der Waals surface area contributed by atoms with Gasteiger partial charge in [-0.15, -0.1) is 11.6 Å². The van der Waals surface area contributed by atoms with E-state index >= 15 is 0 Å². The molecule has 0 amide bonds. The highest BCUT2D eigenvalue weighted by Crippen LogP contribution is 2.23. The summed E-state index contributed by atoms with van der Waals surface area (Å²) in [7, 11) is 0. The Kier molecular flexibility index (Phi) is 1.99. The van der Waals surface area contributed by atoms with Gasteiger partial charge in [0, 0.05) is 0 Å². The van der Waals surface area contributed by atoms with Gasteiger partial charge in [-0.1, -0.05) is 0 Å². The van der Waals surface area contributed by atoms with Gasteiger partial charge in [0.2, 0.25) is 0 Å². The quantitative estimate of drug-likeness (QED) is 0.526. The SMILES string of the molecule is C[C@H]1CO[C@](C)(CCl)O1. The summed E-state index contributed by atoms with van der Waals surface area (Å²) in [6, 6.07) is 0. The van der Waals surface area contributed by atoms with E-state index in [0.29, 0.717) is 12.5 Å². The first kappa shape index (κ1) is 7.32. The van der Waals surface area contributed by atoms with Crippen LogP contribution in [0.3, 0.4) is 0 Å². The first-order valence-corrected chi connectivity index (χ1v) is 3.57. The van der Waals surface area contributed by atoms with Gasteiger partial charge in [-0.05, 0) is 13.8 Å². The van der Waals surface area contributed by atoms with Crippen molar-refractivity contribution in [3.63, 3.8) is 0 Å². The molecule has 1 aliphatic rings. The van der Waals surface area contributed by atoms with Gasteiger partial charge in [0.15, 0.2) is 5.79 Å². The van der Waals surface area contributed by atoms with Crippen molar-refractivity contribution in [1.82, 2.24) is 0 Å². The minimum Gasteiger partial charge on any atom is -0.346 e. The fraction of sp³-hybridized carbons (Fsp3) is 1.00. The topological polar surface area (TPSA) is 18.5 Å². The Hall–Kier alpha value is 0.210. The Morgan fingerprint density at radius 2 is 2.44 bits per heavy atom. The van der Waals surface area contributed by atoms with Crippen LogP contribution in [0.15, 0.2) is 0 Å². The van der Waals surface area contributed by atoms with E-state index in [-0.39, 0.29) is 6.10 Å². The van der Waals surface area contributed by atoms with Crippen molar-refractivity contribution in [1.29, 1.82) is 0 Å². The summed E-state index contributed by atoms with van der Waals surface area (Å²) in [5.74, 6) is -0.127. The number of alkyl halides is 1. The molecule has 2 nitrogen and oxygen atoms in total. The van der Waals surface area contributed by atoms with Crippen LogP contribution >= 0.6 is 11.6 Å². The molecule has 3 heteroatoms. The average molecular weight is 151 g/mol. The number of halogens is 1. The van der Waals surface area contributed by atoms with Crippen molar-refractivity contribution in [3.05, 3.63) is 0 Å². The smallest absolute Gasteiger partial charge is 0.179 e. The Morgan fingerprint density at radius 1 is 1.78 bits per heavy atom. The van der Waals surface area contributed by atoms with Crippen molar-refractivity contribution in [2.24, 2.45) is 0 Å². The van der Waals surface area contributed by atoms with Crippen LogP contribution < -0.4 is 0 Å². The summed E-state index contributed by atoms with van der Waals surface area (Å²) in [5.41, 5.74) is 0. The molecule has 0 radical (unpaired) electrons. The van der Waals surface area contributed by atoms with Crippen LogP contribution in [0.1, 0.15) is 13.8 Å². The first-order valence-electron chi connectivity index (χ1n) is 3.04. The summed E-state index contributed by atoms with van der Waals surface area (Å²) < 4.78 is 10.6. The second-order valence-electron chi connectivity index (χ2n) is 2.51. The average Bonchev–Trinajstić information content (AvgIpc) is 2.13. The molecular weight excluding hydrogens is 140 g/mol. The number of hydrogen-bond acceptors (Lipinski definition) is 2. The summed E-state index contributed by atoms with van der Waals surface area (Å²) in [6.07, 6.45) is 0.189. The van der Waals surface area contributed by atoms with Gasteiger partial charge in [0.1, 0.15) is 0 Å². The molecule has 0 bridgehead atoms. The molecule has 0 aliphatic carbocycles. The molecule has 0 unspecified atom stereocenters. The molecule has 2 atom stereocenters. The molecule has 0 aromatic carbocycles. The van der Waals surface area contributed by atoms with Crippen LogP contribution in [-0.2, 0) is 9.47 Å². The number of ether oxygens (including phenoxy) is 2. The number of hydrogen-bond donors (Lipinski definition) is 0. The lowest BCUT2D eigenvalue weighted by molar-refractivity contribution is -0.133. The second-order valence-corrected chi connectivity index (χ2v) is 2.77. The fourth-order valence-corrected chi connectivity index (χ4v) is 0.997. The lowest BCUT2D eigenvalue weighted by Gasteiger charge is -2.18. The van der Waals surface area contributed by atoms with Gasteiger partial charge >= 0.3 is 0 Å². The van der Waals surface area contributed by atoms with E-state index in [1.165, 1.54) is 0 Å². The molecular formula is C6H11ClO2. The lowest BCUT2D eigenvalue weighted by atomic mass is 10.4. The van der Waals surface area contributed by atoms with Crippen molar-refractivity contribution in [3.8, 4) is 0 Å². The minimum atomic E-state index is -0.527. The summed E-state index contributed by atoms with van der Waals surface area (Å²) in [5, 5.41) is 0. The van der Waals surface area contributed by atoms with E-state index in [1.54, 1.807) is 0 Å². The van der Waals surface area contributed by atoms with Gasteiger partial charge in [0.05, 0.1) is 18.6 Å². The van der Waals surface area contributed by atoms with Crippen LogP contribution in [0, 0.1) is 0 Å². The largest absolute Gasteiger partial charge is 0.346 e. The van der Waals surface area contributed by atoms with E-state index < -0.39 is 5.79 Å². The highest BCUT2D eigenvalue weighted by molar-refractivity contribution is 6.18. The third kappa shape index (κ3) is 1.57. The van der Waals surface area contributed by atoms with Crippen molar-refractivity contribution in [2.45, 2.75) is 25.7 Å². The molecule has 1 heterocycles. The zero-order valence-electron chi connectivity index (χ0n) is 5.69. The zero-order valence-corrected chi connectivity index (χ0v) is 6.44. The highest BCUT2D eigenvalue weighted by Gasteiger charge is 2.33. The Balaban J connectivity index is 2.45. The second kappa shape index (κ2) is 2.45. The third-order valence-corrected chi connectivity index (χ3v) is 1.80. The van der Waals surface area contributed by atoms with Crippen LogP contribution in [-0.4, -0.2) is 24.4 Å². The summed E-state index contributed by atoms with van der Waals surface area (Å²) >= 11 is 5.56. The molecule has 0 spiro atoms. The predicted molar refractivity (Wildman–Crippen MR) is 35.6 cm³/mol. The van der Waals surface area contributed by atoms with Gasteiger partial charge in [0.25, 0.3) is 0 Å². The first-order chi connectivity index (χ1) is 4.16. The van der Waals surface area contributed by atoms with Gasteiger partial charge in [-0.2, -0.15) is 0 Å². The lowest BCUT2D eigenvalue weighted by Crippen LogP contribution is -2.28. The summed E-state index contributed by atoms with van der Waals surface area (Å²) in [6.45, 7) is 4.48. The maximum absolute atomic E-state index is 5.56. The maximum atomic E-state index is 5.56. The molecule has 54 valence electrons. The van der Waals surface area contributed by atoms with Gasteiger partial charge < -0.3 is 9.47 Å². The zero-order chi connectivity index (χ0) is 6.91. The van der Waals surface area contributed by atoms with E-state index in [0.717, 1.165) is 0 Å². The van der Waals surface area contributed by atoms with Crippen LogP contribution in [0.4, 0.5) is 0 Å². The molecule has 0 saturated carbocycles. The predicted octanol–water partition coefficient (Wildman–Crippen LogP) is 1.38. The summed E-state index contributed by atoms with van der Waals surface area (Å²) in [4.78, 5) is 0. The molecule has 1 fully saturated rings. The van der Waals surface area contributed by atoms with E-state index in [1.807, 2.05) is 13.8 Å². The van der Waals surface area contributed by atoms with Crippen molar-refractivity contribution in [2.75, 3.05) is 12.5 Å². The van der Waals surface area contributed by atoms with E-state index in [4.69, 9.17) is 21.1 Å². The molecule has 0 N–H and O–H groups in total.